The van der Waals surface area contributed by atoms with Crippen LogP contribution in [-0.2, 0) is 20.9 Å². The molecule has 4 rings (SSSR count). The third-order valence-corrected chi connectivity index (χ3v) is 5.93. The van der Waals surface area contributed by atoms with Gasteiger partial charge in [0.1, 0.15) is 18.3 Å². The topological polar surface area (TPSA) is 65.0 Å². The minimum atomic E-state index is -0.670. The molecular formula is C27H29NO4. The van der Waals surface area contributed by atoms with Crippen molar-refractivity contribution in [1.82, 2.24) is 0 Å². The summed E-state index contributed by atoms with van der Waals surface area (Å²) < 4.78 is 11.8. The van der Waals surface area contributed by atoms with Crippen LogP contribution in [0.2, 0.25) is 0 Å². The fraction of sp³-hybridized carbons (Fsp3) is 0.370. The smallest absolute Gasteiger partial charge is 0.315 e. The van der Waals surface area contributed by atoms with Crippen molar-refractivity contribution in [3.8, 4) is 5.75 Å². The van der Waals surface area contributed by atoms with Gasteiger partial charge < -0.3 is 9.47 Å². The summed E-state index contributed by atoms with van der Waals surface area (Å²) in [7, 11) is 0. The number of ether oxygens (including phenoxy) is 2. The van der Waals surface area contributed by atoms with E-state index in [4.69, 9.17) is 14.5 Å². The number of nitrogens with zero attached hydrogens (tertiary/aromatic N) is 1. The highest BCUT2D eigenvalue weighted by atomic mass is 16.5. The van der Waals surface area contributed by atoms with Crippen LogP contribution < -0.4 is 4.74 Å². The molecule has 32 heavy (non-hydrogen) atoms. The maximum absolute atomic E-state index is 13.4. The molecule has 5 nitrogen and oxygen atoms in total. The van der Waals surface area contributed by atoms with E-state index >= 15 is 0 Å². The van der Waals surface area contributed by atoms with Gasteiger partial charge in [-0.15, -0.1) is 0 Å². The molecule has 2 aromatic rings. The van der Waals surface area contributed by atoms with Crippen LogP contribution in [0.1, 0.15) is 57.1 Å². The Balaban J connectivity index is 1.75. The second-order valence-corrected chi connectivity index (χ2v) is 8.64. The summed E-state index contributed by atoms with van der Waals surface area (Å²) in [6, 6.07) is 17.3. The number of aliphatic imine (C=N–C) groups is 1. The zero-order chi connectivity index (χ0) is 22.7. The van der Waals surface area contributed by atoms with Crippen LogP contribution in [0.25, 0.3) is 0 Å². The van der Waals surface area contributed by atoms with Gasteiger partial charge in [0.05, 0.1) is 6.10 Å². The summed E-state index contributed by atoms with van der Waals surface area (Å²) >= 11 is 0. The molecule has 0 radical (unpaired) electrons. The number of carbonyl (C=O) groups excluding carboxylic acids is 2. The highest BCUT2D eigenvalue weighted by Crippen LogP contribution is 2.46. The number of esters is 1. The largest absolute Gasteiger partial charge is 0.491 e. The van der Waals surface area contributed by atoms with E-state index in [0.717, 1.165) is 29.7 Å². The molecule has 0 bridgehead atoms. The third-order valence-electron chi connectivity index (χ3n) is 5.93. The van der Waals surface area contributed by atoms with Crippen molar-refractivity contribution < 1.29 is 19.1 Å². The van der Waals surface area contributed by atoms with Gasteiger partial charge >= 0.3 is 5.97 Å². The quantitative estimate of drug-likeness (QED) is 0.575. The van der Waals surface area contributed by atoms with E-state index in [2.05, 4.69) is 0 Å². The van der Waals surface area contributed by atoms with Gasteiger partial charge in [0.15, 0.2) is 5.78 Å². The van der Waals surface area contributed by atoms with Gasteiger partial charge in [0, 0.05) is 34.9 Å². The van der Waals surface area contributed by atoms with Crippen molar-refractivity contribution in [2.75, 3.05) is 0 Å². The van der Waals surface area contributed by atoms with Gasteiger partial charge in [-0.25, -0.2) is 0 Å². The number of allylic oxidation sites excluding steroid dienone is 2. The number of para-hydroxylation sites is 1. The standard InChI is InChI=1S/C27H29NO4/c1-17(2)32-23-15-8-7-12-20(23)25-24(27(30)31-16-19-10-5-4-6-11-19)18(3)28-21-13-9-14-22(29)26(21)25/h4-8,10-12,15,17,24-25H,9,13-14,16H2,1-3H3/t24?,25-/m1/s1. The Morgan fingerprint density at radius 1 is 1.06 bits per heavy atom. The van der Waals surface area contributed by atoms with Crippen molar-refractivity contribution in [3.05, 3.63) is 77.0 Å². The van der Waals surface area contributed by atoms with Crippen LogP contribution in [0, 0.1) is 5.92 Å². The highest BCUT2D eigenvalue weighted by molar-refractivity contribution is 6.09. The average Bonchev–Trinajstić information content (AvgIpc) is 2.77. The van der Waals surface area contributed by atoms with Gasteiger partial charge in [-0.3, -0.25) is 14.6 Å². The highest BCUT2D eigenvalue weighted by Gasteiger charge is 2.44. The Morgan fingerprint density at radius 2 is 1.78 bits per heavy atom. The Kier molecular flexibility index (Phi) is 6.54. The van der Waals surface area contributed by atoms with Crippen molar-refractivity contribution in [3.63, 3.8) is 0 Å². The molecule has 0 fully saturated rings. The number of benzene rings is 2. The van der Waals surface area contributed by atoms with Gasteiger partial charge in [0.2, 0.25) is 0 Å². The molecule has 1 aliphatic carbocycles. The normalized spacial score (nSPS) is 20.6. The molecule has 0 amide bonds. The predicted molar refractivity (Wildman–Crippen MR) is 124 cm³/mol. The third kappa shape index (κ3) is 4.52. The summed E-state index contributed by atoms with van der Waals surface area (Å²) in [5.74, 6) is -0.754. The van der Waals surface area contributed by atoms with Gasteiger partial charge in [0.25, 0.3) is 0 Å². The van der Waals surface area contributed by atoms with Crippen molar-refractivity contribution in [2.45, 2.75) is 58.7 Å². The summed E-state index contributed by atoms with van der Waals surface area (Å²) in [4.78, 5) is 31.2. The first-order chi connectivity index (χ1) is 15.5. The van der Waals surface area contributed by atoms with Crippen LogP contribution in [0.4, 0.5) is 0 Å². The first-order valence-corrected chi connectivity index (χ1v) is 11.2. The zero-order valence-electron chi connectivity index (χ0n) is 18.8. The lowest BCUT2D eigenvalue weighted by atomic mass is 9.71. The second kappa shape index (κ2) is 9.51. The van der Waals surface area contributed by atoms with E-state index in [9.17, 15) is 9.59 Å². The number of rotatable bonds is 6. The molecule has 0 saturated carbocycles. The maximum atomic E-state index is 13.4. The van der Waals surface area contributed by atoms with E-state index in [0.29, 0.717) is 23.5 Å². The molecule has 1 heterocycles. The lowest BCUT2D eigenvalue weighted by molar-refractivity contribution is -0.148. The predicted octanol–water partition coefficient (Wildman–Crippen LogP) is 5.40. The summed E-state index contributed by atoms with van der Waals surface area (Å²) in [5.41, 5.74) is 3.87. The van der Waals surface area contributed by atoms with Crippen molar-refractivity contribution in [2.24, 2.45) is 10.9 Å². The number of Topliss-reactive ketones (excluding diaryl/α,β-unsaturated/α-hetero) is 1. The SMILES string of the molecule is CC1=NC2=C(C(=O)CCC2)[C@H](c2ccccc2OC(C)C)C1C(=O)OCc1ccccc1. The molecule has 1 unspecified atom stereocenters. The van der Waals surface area contributed by atoms with Crippen LogP contribution in [-0.4, -0.2) is 23.6 Å². The Bertz CT molecular complexity index is 1070. The maximum Gasteiger partial charge on any atom is 0.315 e. The summed E-state index contributed by atoms with van der Waals surface area (Å²) in [6.07, 6.45) is 1.97. The molecule has 0 aromatic heterocycles. The lowest BCUT2D eigenvalue weighted by Gasteiger charge is -2.35. The van der Waals surface area contributed by atoms with E-state index in [-0.39, 0.29) is 24.5 Å². The van der Waals surface area contributed by atoms with Crippen LogP contribution in [0.3, 0.4) is 0 Å². The molecule has 2 aromatic carbocycles. The van der Waals surface area contributed by atoms with Crippen molar-refractivity contribution >= 4 is 17.5 Å². The molecule has 2 aliphatic rings. The zero-order valence-corrected chi connectivity index (χ0v) is 18.8. The van der Waals surface area contributed by atoms with Gasteiger partial charge in [-0.2, -0.15) is 0 Å². The molecule has 0 saturated heterocycles. The number of carbonyl (C=O) groups is 2. The first-order valence-electron chi connectivity index (χ1n) is 11.2. The fourth-order valence-electron chi connectivity index (χ4n) is 4.56. The Hall–Kier alpha value is -3.21. The lowest BCUT2D eigenvalue weighted by Crippen LogP contribution is -2.37. The molecule has 2 atom stereocenters. The summed E-state index contributed by atoms with van der Waals surface area (Å²) in [6.45, 7) is 5.97. The molecular weight excluding hydrogens is 402 g/mol. The van der Waals surface area contributed by atoms with Gasteiger partial charge in [-0.1, -0.05) is 48.5 Å². The minimum absolute atomic E-state index is 0.0338. The summed E-state index contributed by atoms with van der Waals surface area (Å²) in [5, 5.41) is 0. The minimum Gasteiger partial charge on any atom is -0.491 e. The van der Waals surface area contributed by atoms with Gasteiger partial charge in [-0.05, 0) is 45.2 Å². The van der Waals surface area contributed by atoms with Crippen LogP contribution in [0.5, 0.6) is 5.75 Å². The Labute approximate surface area is 189 Å². The number of ketones is 1. The molecule has 5 heteroatoms. The van der Waals surface area contributed by atoms with Crippen molar-refractivity contribution in [1.29, 1.82) is 0 Å². The molecule has 1 aliphatic heterocycles. The van der Waals surface area contributed by atoms with Crippen LogP contribution >= 0.6 is 0 Å². The van der Waals surface area contributed by atoms with Crippen LogP contribution in [0.15, 0.2) is 70.9 Å². The fourth-order valence-corrected chi connectivity index (χ4v) is 4.56. The molecule has 0 N–H and O–H groups in total. The monoisotopic (exact) mass is 431 g/mol. The first kappa shape index (κ1) is 22.0. The second-order valence-electron chi connectivity index (χ2n) is 8.64. The molecule has 166 valence electrons. The van der Waals surface area contributed by atoms with E-state index in [1.54, 1.807) is 0 Å². The van der Waals surface area contributed by atoms with E-state index in [1.807, 2.05) is 75.4 Å². The molecule has 0 spiro atoms. The average molecular weight is 432 g/mol. The van der Waals surface area contributed by atoms with E-state index in [1.165, 1.54) is 0 Å². The number of hydrogen-bond acceptors (Lipinski definition) is 5. The number of hydrogen-bond donors (Lipinski definition) is 0. The Morgan fingerprint density at radius 3 is 2.53 bits per heavy atom. The van der Waals surface area contributed by atoms with E-state index < -0.39 is 11.8 Å².